The molecule has 0 atom stereocenters. The Balaban J connectivity index is 2.92. The van der Waals surface area contributed by atoms with Crippen molar-refractivity contribution < 1.29 is 14.8 Å². The second-order valence-corrected chi connectivity index (χ2v) is 4.43. The van der Waals surface area contributed by atoms with Gasteiger partial charge >= 0.3 is 0 Å². The third-order valence-electron chi connectivity index (χ3n) is 3.33. The van der Waals surface area contributed by atoms with Gasteiger partial charge < -0.3 is 15.2 Å². The molecule has 2 N–H and O–H groups in total. The topological polar surface area (TPSA) is 84.6 Å². The molecule has 0 spiro atoms. The Kier molecular flexibility index (Phi) is 5.11. The number of hydrogen-bond acceptors (Lipinski definition) is 5. The summed E-state index contributed by atoms with van der Waals surface area (Å²) < 4.78 is 4.97. The van der Waals surface area contributed by atoms with Crippen LogP contribution in [0.15, 0.2) is 18.2 Å². The summed E-state index contributed by atoms with van der Waals surface area (Å²) in [6, 6.07) is 4.59. The minimum absolute atomic E-state index is 0.0612. The lowest BCUT2D eigenvalue weighted by atomic mass is 9.97. The summed E-state index contributed by atoms with van der Waals surface area (Å²) in [7, 11) is 1.46. The van der Waals surface area contributed by atoms with E-state index in [4.69, 9.17) is 4.74 Å². The number of hydrogen-bond donors (Lipinski definition) is 2. The lowest BCUT2D eigenvalue weighted by Gasteiger charge is -2.25. The Labute approximate surface area is 112 Å². The molecular formula is C13H20N2O4. The van der Waals surface area contributed by atoms with Crippen molar-refractivity contribution in [2.75, 3.05) is 19.0 Å². The van der Waals surface area contributed by atoms with Gasteiger partial charge in [0.1, 0.15) is 11.4 Å². The summed E-state index contributed by atoms with van der Waals surface area (Å²) in [6.45, 7) is 4.04. The quantitative estimate of drug-likeness (QED) is 0.586. The van der Waals surface area contributed by atoms with Gasteiger partial charge in [-0.05, 0) is 25.0 Å². The Morgan fingerprint density at radius 1 is 1.42 bits per heavy atom. The maximum atomic E-state index is 11.0. The largest absolute Gasteiger partial charge is 0.496 e. The second-order valence-electron chi connectivity index (χ2n) is 4.43. The van der Waals surface area contributed by atoms with E-state index in [1.807, 2.05) is 13.8 Å². The average Bonchev–Trinajstić information content (AvgIpc) is 2.44. The summed E-state index contributed by atoms with van der Waals surface area (Å²) in [6.07, 6.45) is 1.17. The number of anilines is 1. The molecule has 0 saturated heterocycles. The number of ether oxygens (including phenoxy) is 1. The fourth-order valence-electron chi connectivity index (χ4n) is 1.70. The Morgan fingerprint density at radius 3 is 2.53 bits per heavy atom. The normalized spacial score (nSPS) is 11.2. The Bertz CT molecular complexity index is 444. The van der Waals surface area contributed by atoms with Gasteiger partial charge in [0.2, 0.25) is 0 Å². The lowest BCUT2D eigenvalue weighted by Crippen LogP contribution is -2.35. The highest BCUT2D eigenvalue weighted by molar-refractivity contribution is 5.64. The van der Waals surface area contributed by atoms with Crippen molar-refractivity contribution >= 4 is 11.4 Å². The second kappa shape index (κ2) is 6.38. The van der Waals surface area contributed by atoms with Crippen LogP contribution < -0.4 is 10.1 Å². The molecule has 0 aromatic heterocycles. The predicted molar refractivity (Wildman–Crippen MR) is 73.7 cm³/mol. The molecule has 6 nitrogen and oxygen atoms in total. The number of benzene rings is 1. The molecule has 0 aliphatic heterocycles. The highest BCUT2D eigenvalue weighted by Gasteiger charge is 2.23. The van der Waals surface area contributed by atoms with Crippen LogP contribution in [-0.2, 0) is 0 Å². The van der Waals surface area contributed by atoms with E-state index in [-0.39, 0.29) is 12.2 Å². The summed E-state index contributed by atoms with van der Waals surface area (Å²) in [5.74, 6) is 0.429. The minimum Gasteiger partial charge on any atom is -0.496 e. The van der Waals surface area contributed by atoms with Crippen LogP contribution >= 0.6 is 0 Å². The van der Waals surface area contributed by atoms with Crippen LogP contribution in [0, 0.1) is 10.1 Å². The number of rotatable bonds is 7. The van der Waals surface area contributed by atoms with Gasteiger partial charge in [-0.2, -0.15) is 0 Å². The molecule has 106 valence electrons. The number of nitro groups is 1. The van der Waals surface area contributed by atoms with Crippen LogP contribution in [0.3, 0.4) is 0 Å². The van der Waals surface area contributed by atoms with E-state index < -0.39 is 10.5 Å². The van der Waals surface area contributed by atoms with E-state index in [2.05, 4.69) is 5.32 Å². The molecule has 0 fully saturated rings. The fourth-order valence-corrected chi connectivity index (χ4v) is 1.70. The standard InChI is InChI=1S/C13H20N2O4/c1-4-13(16,5-2)9-14-11-7-6-10(19-3)8-12(11)15(17)18/h6-8,14,16H,4-5,9H2,1-3H3. The van der Waals surface area contributed by atoms with Crippen molar-refractivity contribution in [2.45, 2.75) is 32.3 Å². The van der Waals surface area contributed by atoms with E-state index in [0.717, 1.165) is 0 Å². The first kappa shape index (κ1) is 15.2. The van der Waals surface area contributed by atoms with E-state index in [1.54, 1.807) is 12.1 Å². The van der Waals surface area contributed by atoms with Gasteiger partial charge in [0, 0.05) is 6.54 Å². The fraction of sp³-hybridized carbons (Fsp3) is 0.538. The zero-order valence-corrected chi connectivity index (χ0v) is 11.5. The van der Waals surface area contributed by atoms with E-state index in [0.29, 0.717) is 24.3 Å². The van der Waals surface area contributed by atoms with Gasteiger partial charge in [-0.25, -0.2) is 0 Å². The number of nitro benzene ring substituents is 1. The molecule has 6 heteroatoms. The Hall–Kier alpha value is -1.82. The molecule has 1 rings (SSSR count). The van der Waals surface area contributed by atoms with Crippen LogP contribution in [0.4, 0.5) is 11.4 Å². The van der Waals surface area contributed by atoms with Crippen molar-refractivity contribution in [1.82, 2.24) is 0 Å². The Morgan fingerprint density at radius 2 is 2.05 bits per heavy atom. The van der Waals surface area contributed by atoms with E-state index >= 15 is 0 Å². The van der Waals surface area contributed by atoms with Gasteiger partial charge in [-0.15, -0.1) is 0 Å². The third kappa shape index (κ3) is 3.82. The molecule has 0 unspecified atom stereocenters. The highest BCUT2D eigenvalue weighted by atomic mass is 16.6. The molecular weight excluding hydrogens is 248 g/mol. The summed E-state index contributed by atoms with van der Waals surface area (Å²) in [5, 5.41) is 24.1. The molecule has 0 aliphatic carbocycles. The van der Waals surface area contributed by atoms with Crippen LogP contribution in [0.1, 0.15) is 26.7 Å². The lowest BCUT2D eigenvalue weighted by molar-refractivity contribution is -0.384. The smallest absolute Gasteiger partial charge is 0.296 e. The predicted octanol–water partition coefficient (Wildman–Crippen LogP) is 2.57. The first-order valence-electron chi connectivity index (χ1n) is 6.24. The van der Waals surface area contributed by atoms with Crippen LogP contribution in [0.5, 0.6) is 5.75 Å². The van der Waals surface area contributed by atoms with Gasteiger partial charge in [0.15, 0.2) is 0 Å². The van der Waals surface area contributed by atoms with Crippen LogP contribution in [-0.4, -0.2) is 29.3 Å². The van der Waals surface area contributed by atoms with Crippen LogP contribution in [0.25, 0.3) is 0 Å². The zero-order valence-electron chi connectivity index (χ0n) is 11.5. The highest BCUT2D eigenvalue weighted by Crippen LogP contribution is 2.29. The molecule has 0 bridgehead atoms. The SMILES string of the molecule is CCC(O)(CC)CNc1ccc(OC)cc1[N+](=O)[O-]. The molecule has 0 saturated carbocycles. The molecule has 0 radical (unpaired) electrons. The zero-order chi connectivity index (χ0) is 14.5. The molecule has 1 aromatic rings. The first-order valence-corrected chi connectivity index (χ1v) is 6.24. The van der Waals surface area contributed by atoms with Crippen molar-refractivity contribution in [1.29, 1.82) is 0 Å². The van der Waals surface area contributed by atoms with Crippen molar-refractivity contribution in [3.8, 4) is 5.75 Å². The number of aliphatic hydroxyl groups is 1. The molecule has 19 heavy (non-hydrogen) atoms. The van der Waals surface area contributed by atoms with Crippen molar-refractivity contribution in [3.63, 3.8) is 0 Å². The summed E-state index contributed by atoms with van der Waals surface area (Å²) in [4.78, 5) is 10.5. The summed E-state index contributed by atoms with van der Waals surface area (Å²) >= 11 is 0. The third-order valence-corrected chi connectivity index (χ3v) is 3.33. The number of methoxy groups -OCH3 is 1. The molecule has 0 aliphatic rings. The maximum absolute atomic E-state index is 11.0. The maximum Gasteiger partial charge on any atom is 0.296 e. The first-order chi connectivity index (χ1) is 8.95. The van der Waals surface area contributed by atoms with Gasteiger partial charge in [0.25, 0.3) is 5.69 Å². The molecule has 0 heterocycles. The average molecular weight is 268 g/mol. The monoisotopic (exact) mass is 268 g/mol. The molecule has 1 aromatic carbocycles. The van der Waals surface area contributed by atoms with Crippen molar-refractivity contribution in [3.05, 3.63) is 28.3 Å². The number of nitrogens with zero attached hydrogens (tertiary/aromatic N) is 1. The summed E-state index contributed by atoms with van der Waals surface area (Å²) in [5.41, 5.74) is -0.534. The van der Waals surface area contributed by atoms with Gasteiger partial charge in [-0.3, -0.25) is 10.1 Å². The van der Waals surface area contributed by atoms with E-state index in [1.165, 1.54) is 13.2 Å². The van der Waals surface area contributed by atoms with Gasteiger partial charge in [0.05, 0.1) is 23.7 Å². The van der Waals surface area contributed by atoms with Crippen LogP contribution in [0.2, 0.25) is 0 Å². The minimum atomic E-state index is -0.853. The molecule has 0 amide bonds. The van der Waals surface area contributed by atoms with Gasteiger partial charge in [-0.1, -0.05) is 13.8 Å². The number of nitrogens with one attached hydrogen (secondary N) is 1. The van der Waals surface area contributed by atoms with E-state index in [9.17, 15) is 15.2 Å². The van der Waals surface area contributed by atoms with Crippen molar-refractivity contribution in [2.24, 2.45) is 0 Å².